The van der Waals surface area contributed by atoms with Gasteiger partial charge in [0.1, 0.15) is 12.0 Å². The average Bonchev–Trinajstić information content (AvgIpc) is 3.15. The summed E-state index contributed by atoms with van der Waals surface area (Å²) in [5.41, 5.74) is 1.08. The van der Waals surface area contributed by atoms with Crippen molar-refractivity contribution >= 4 is 11.8 Å². The second-order valence-electron chi connectivity index (χ2n) is 5.30. The van der Waals surface area contributed by atoms with E-state index < -0.39 is 0 Å². The van der Waals surface area contributed by atoms with Gasteiger partial charge in [-0.15, -0.1) is 0 Å². The lowest BCUT2D eigenvalue weighted by molar-refractivity contribution is 0.0533. The normalized spacial score (nSPS) is 14.7. The van der Waals surface area contributed by atoms with E-state index in [1.807, 2.05) is 12.1 Å². The van der Waals surface area contributed by atoms with E-state index in [1.165, 1.54) is 12.5 Å². The van der Waals surface area contributed by atoms with Crippen molar-refractivity contribution in [3.63, 3.8) is 0 Å². The molecule has 23 heavy (non-hydrogen) atoms. The monoisotopic (exact) mass is 314 g/mol. The summed E-state index contributed by atoms with van der Waals surface area (Å²) in [7, 11) is 1.55. The largest absolute Gasteiger partial charge is 0.496 e. The van der Waals surface area contributed by atoms with Crippen molar-refractivity contribution in [1.82, 2.24) is 9.80 Å². The van der Waals surface area contributed by atoms with E-state index in [1.54, 1.807) is 35.1 Å². The van der Waals surface area contributed by atoms with Crippen LogP contribution >= 0.6 is 0 Å². The number of piperazine rings is 1. The van der Waals surface area contributed by atoms with Crippen LogP contribution in [-0.4, -0.2) is 54.9 Å². The van der Waals surface area contributed by atoms with E-state index in [-0.39, 0.29) is 11.8 Å². The minimum absolute atomic E-state index is 0.0665. The number of nitrogens with zero attached hydrogens (tertiary/aromatic N) is 2. The van der Waals surface area contributed by atoms with Gasteiger partial charge in [0.05, 0.1) is 24.5 Å². The highest BCUT2D eigenvalue weighted by molar-refractivity contribution is 5.97. The standard InChI is InChI=1S/C17H18N2O4/c1-22-15-5-3-2-4-14(15)17(21)19-9-7-18(8-10-19)16(20)13-6-11-23-12-13/h2-6,11-12H,7-10H2,1H3. The van der Waals surface area contributed by atoms with E-state index in [4.69, 9.17) is 9.15 Å². The number of hydrogen-bond donors (Lipinski definition) is 0. The molecule has 1 aromatic carbocycles. The van der Waals surface area contributed by atoms with Crippen molar-refractivity contribution in [1.29, 1.82) is 0 Å². The molecular formula is C17H18N2O4. The first-order chi connectivity index (χ1) is 11.2. The Hall–Kier alpha value is -2.76. The van der Waals surface area contributed by atoms with Crippen LogP contribution in [0.15, 0.2) is 47.3 Å². The molecule has 1 aliphatic rings. The summed E-state index contributed by atoms with van der Waals surface area (Å²) in [4.78, 5) is 28.3. The number of carbonyl (C=O) groups excluding carboxylic acids is 2. The Morgan fingerprint density at radius 3 is 2.26 bits per heavy atom. The number of benzene rings is 1. The summed E-state index contributed by atoms with van der Waals surface area (Å²) in [6.07, 6.45) is 2.92. The summed E-state index contributed by atoms with van der Waals surface area (Å²) in [6, 6.07) is 8.82. The molecular weight excluding hydrogens is 296 g/mol. The first-order valence-electron chi connectivity index (χ1n) is 7.44. The van der Waals surface area contributed by atoms with Crippen LogP contribution in [0.5, 0.6) is 5.75 Å². The van der Waals surface area contributed by atoms with Gasteiger partial charge < -0.3 is 19.0 Å². The Morgan fingerprint density at radius 2 is 1.65 bits per heavy atom. The Labute approximate surface area is 134 Å². The number of hydrogen-bond acceptors (Lipinski definition) is 4. The predicted molar refractivity (Wildman–Crippen MR) is 83.5 cm³/mol. The summed E-state index contributed by atoms with van der Waals surface area (Å²) >= 11 is 0. The van der Waals surface area contributed by atoms with Gasteiger partial charge in [-0.3, -0.25) is 9.59 Å². The van der Waals surface area contributed by atoms with Gasteiger partial charge >= 0.3 is 0 Å². The number of para-hydroxylation sites is 1. The van der Waals surface area contributed by atoms with E-state index >= 15 is 0 Å². The third-order valence-electron chi connectivity index (χ3n) is 3.96. The highest BCUT2D eigenvalue weighted by Crippen LogP contribution is 2.20. The molecule has 1 aliphatic heterocycles. The van der Waals surface area contributed by atoms with Gasteiger partial charge in [0.2, 0.25) is 0 Å². The molecule has 6 heteroatoms. The van der Waals surface area contributed by atoms with Gasteiger partial charge in [-0.05, 0) is 18.2 Å². The minimum atomic E-state index is -0.0714. The van der Waals surface area contributed by atoms with Gasteiger partial charge in [0.25, 0.3) is 11.8 Å². The number of carbonyl (C=O) groups is 2. The van der Waals surface area contributed by atoms with Gasteiger partial charge in [-0.1, -0.05) is 12.1 Å². The molecule has 2 amide bonds. The smallest absolute Gasteiger partial charge is 0.257 e. The maximum Gasteiger partial charge on any atom is 0.257 e. The lowest BCUT2D eigenvalue weighted by Gasteiger charge is -2.34. The van der Waals surface area contributed by atoms with Gasteiger partial charge in [-0.25, -0.2) is 0 Å². The molecule has 2 heterocycles. The van der Waals surface area contributed by atoms with E-state index in [2.05, 4.69) is 0 Å². The fourth-order valence-electron chi connectivity index (χ4n) is 2.67. The van der Waals surface area contributed by atoms with Crippen molar-refractivity contribution in [2.24, 2.45) is 0 Å². The third kappa shape index (κ3) is 3.06. The zero-order valence-electron chi connectivity index (χ0n) is 12.9. The maximum absolute atomic E-state index is 12.6. The van der Waals surface area contributed by atoms with Crippen LogP contribution in [0.4, 0.5) is 0 Å². The second kappa shape index (κ2) is 6.56. The highest BCUT2D eigenvalue weighted by Gasteiger charge is 2.27. The average molecular weight is 314 g/mol. The molecule has 2 aromatic rings. The van der Waals surface area contributed by atoms with E-state index in [9.17, 15) is 9.59 Å². The van der Waals surface area contributed by atoms with Crippen LogP contribution in [0.1, 0.15) is 20.7 Å². The fraction of sp³-hybridized carbons (Fsp3) is 0.294. The SMILES string of the molecule is COc1ccccc1C(=O)N1CCN(C(=O)c2ccoc2)CC1. The first-order valence-corrected chi connectivity index (χ1v) is 7.44. The molecule has 1 fully saturated rings. The molecule has 3 rings (SSSR count). The Bertz CT molecular complexity index is 688. The predicted octanol–water partition coefficient (Wildman–Crippen LogP) is 1.89. The summed E-state index contributed by atoms with van der Waals surface area (Å²) in [6.45, 7) is 2.01. The van der Waals surface area contributed by atoms with Crippen molar-refractivity contribution in [3.05, 3.63) is 54.0 Å². The molecule has 6 nitrogen and oxygen atoms in total. The quantitative estimate of drug-likeness (QED) is 0.868. The molecule has 1 aromatic heterocycles. The number of ether oxygens (including phenoxy) is 1. The Kier molecular flexibility index (Phi) is 4.32. The zero-order chi connectivity index (χ0) is 16.2. The molecule has 0 spiro atoms. The third-order valence-corrected chi connectivity index (χ3v) is 3.96. The van der Waals surface area contributed by atoms with Gasteiger partial charge in [0, 0.05) is 26.2 Å². The van der Waals surface area contributed by atoms with Crippen molar-refractivity contribution in [2.75, 3.05) is 33.3 Å². The molecule has 0 aliphatic carbocycles. The van der Waals surface area contributed by atoms with Gasteiger partial charge in [-0.2, -0.15) is 0 Å². The van der Waals surface area contributed by atoms with Crippen LogP contribution in [0.2, 0.25) is 0 Å². The van der Waals surface area contributed by atoms with Crippen molar-refractivity contribution in [2.45, 2.75) is 0 Å². The van der Waals surface area contributed by atoms with Crippen LogP contribution in [0.25, 0.3) is 0 Å². The van der Waals surface area contributed by atoms with Crippen LogP contribution in [0, 0.1) is 0 Å². The van der Waals surface area contributed by atoms with Crippen LogP contribution in [0.3, 0.4) is 0 Å². The molecule has 0 saturated carbocycles. The van der Waals surface area contributed by atoms with E-state index in [0.29, 0.717) is 43.1 Å². The van der Waals surface area contributed by atoms with Gasteiger partial charge in [0.15, 0.2) is 0 Å². The van der Waals surface area contributed by atoms with Crippen molar-refractivity contribution in [3.8, 4) is 5.75 Å². The zero-order valence-corrected chi connectivity index (χ0v) is 12.9. The summed E-state index contributed by atoms with van der Waals surface area (Å²) < 4.78 is 10.2. The molecule has 0 unspecified atom stereocenters. The summed E-state index contributed by atoms with van der Waals surface area (Å²) in [5.74, 6) is 0.426. The second-order valence-corrected chi connectivity index (χ2v) is 5.30. The van der Waals surface area contributed by atoms with Crippen LogP contribution in [-0.2, 0) is 0 Å². The molecule has 0 bridgehead atoms. The lowest BCUT2D eigenvalue weighted by atomic mass is 10.1. The highest BCUT2D eigenvalue weighted by atomic mass is 16.5. The Balaban J connectivity index is 1.65. The lowest BCUT2D eigenvalue weighted by Crippen LogP contribution is -2.50. The van der Waals surface area contributed by atoms with E-state index in [0.717, 1.165) is 0 Å². The fourth-order valence-corrected chi connectivity index (χ4v) is 2.67. The summed E-state index contributed by atoms with van der Waals surface area (Å²) in [5, 5.41) is 0. The molecule has 0 N–H and O–H groups in total. The molecule has 0 radical (unpaired) electrons. The molecule has 1 saturated heterocycles. The number of rotatable bonds is 3. The number of methoxy groups -OCH3 is 1. The Morgan fingerprint density at radius 1 is 1.00 bits per heavy atom. The van der Waals surface area contributed by atoms with Crippen molar-refractivity contribution < 1.29 is 18.7 Å². The molecule has 0 atom stereocenters. The molecule has 120 valence electrons. The number of furan rings is 1. The minimum Gasteiger partial charge on any atom is -0.496 e. The first kappa shape index (κ1) is 15.1. The van der Waals surface area contributed by atoms with Crippen LogP contribution < -0.4 is 4.74 Å². The number of amides is 2. The topological polar surface area (TPSA) is 63.0 Å². The maximum atomic E-state index is 12.6.